The van der Waals surface area contributed by atoms with Crippen molar-refractivity contribution in [3.05, 3.63) is 96.1 Å². The highest BCUT2D eigenvalue weighted by atomic mass is 16.2. The Morgan fingerprint density at radius 3 is 2.03 bits per heavy atom. The minimum atomic E-state index is 0.119. The maximum atomic E-state index is 12.8. The van der Waals surface area contributed by atoms with E-state index in [2.05, 4.69) is 58.7 Å². The van der Waals surface area contributed by atoms with Crippen LogP contribution in [0.3, 0.4) is 0 Å². The van der Waals surface area contributed by atoms with Crippen LogP contribution < -0.4 is 10.2 Å². The Morgan fingerprint density at radius 1 is 0.759 bits per heavy atom. The number of nitrogens with zero attached hydrogens (tertiary/aromatic N) is 2. The van der Waals surface area contributed by atoms with E-state index in [1.165, 1.54) is 11.3 Å². The van der Waals surface area contributed by atoms with E-state index in [0.29, 0.717) is 0 Å². The fourth-order valence-corrected chi connectivity index (χ4v) is 3.72. The monoisotopic (exact) mass is 385 g/mol. The summed E-state index contributed by atoms with van der Waals surface area (Å²) in [6.07, 6.45) is 0.979. The van der Waals surface area contributed by atoms with E-state index in [0.717, 1.165) is 50.4 Å². The van der Waals surface area contributed by atoms with Gasteiger partial charge in [0.1, 0.15) is 0 Å². The van der Waals surface area contributed by atoms with Crippen LogP contribution in [-0.4, -0.2) is 43.5 Å². The summed E-state index contributed by atoms with van der Waals surface area (Å²) in [5.41, 5.74) is 4.35. The van der Waals surface area contributed by atoms with Gasteiger partial charge in [-0.25, -0.2) is 0 Å². The van der Waals surface area contributed by atoms with Crippen LogP contribution in [0.4, 0.5) is 11.4 Å². The standard InChI is InChI=1S/C25H27N3O/c29-25(28-19-17-27(18-20-28)24-9-5-2-6-10-24)22-11-13-23(14-12-22)26-16-15-21-7-3-1-4-8-21/h1-14,26H,15-20H2. The molecule has 1 heterocycles. The summed E-state index contributed by atoms with van der Waals surface area (Å²) in [6, 6.07) is 28.7. The van der Waals surface area contributed by atoms with Gasteiger partial charge in [-0.05, 0) is 48.4 Å². The summed E-state index contributed by atoms with van der Waals surface area (Å²) in [4.78, 5) is 17.1. The first-order chi connectivity index (χ1) is 14.3. The van der Waals surface area contributed by atoms with E-state index in [4.69, 9.17) is 0 Å². The normalized spacial score (nSPS) is 13.9. The van der Waals surface area contributed by atoms with Gasteiger partial charge in [0.05, 0.1) is 0 Å². The van der Waals surface area contributed by atoms with Crippen molar-refractivity contribution in [2.45, 2.75) is 6.42 Å². The molecule has 1 N–H and O–H groups in total. The molecule has 148 valence electrons. The highest BCUT2D eigenvalue weighted by Crippen LogP contribution is 2.18. The van der Waals surface area contributed by atoms with Gasteiger partial charge in [0.15, 0.2) is 0 Å². The minimum Gasteiger partial charge on any atom is -0.385 e. The summed E-state index contributed by atoms with van der Waals surface area (Å²) in [5, 5.41) is 3.43. The van der Waals surface area contributed by atoms with Crippen molar-refractivity contribution in [2.75, 3.05) is 42.9 Å². The Morgan fingerprint density at radius 2 is 1.38 bits per heavy atom. The van der Waals surface area contributed by atoms with Crippen LogP contribution in [0.1, 0.15) is 15.9 Å². The van der Waals surface area contributed by atoms with Gasteiger partial charge in [-0.15, -0.1) is 0 Å². The van der Waals surface area contributed by atoms with E-state index in [9.17, 15) is 4.79 Å². The first-order valence-corrected chi connectivity index (χ1v) is 10.3. The summed E-state index contributed by atoms with van der Waals surface area (Å²) < 4.78 is 0. The molecule has 4 heteroatoms. The molecule has 3 aromatic rings. The zero-order chi connectivity index (χ0) is 19.9. The number of anilines is 2. The van der Waals surface area contributed by atoms with E-state index in [1.807, 2.05) is 41.3 Å². The van der Waals surface area contributed by atoms with Crippen molar-refractivity contribution in [1.82, 2.24) is 4.90 Å². The van der Waals surface area contributed by atoms with Gasteiger partial charge in [0.2, 0.25) is 0 Å². The van der Waals surface area contributed by atoms with E-state index >= 15 is 0 Å². The molecule has 4 rings (SSSR count). The average molecular weight is 386 g/mol. The van der Waals surface area contributed by atoms with Crippen LogP contribution in [0.25, 0.3) is 0 Å². The molecule has 0 saturated carbocycles. The summed E-state index contributed by atoms with van der Waals surface area (Å²) in [7, 11) is 0. The van der Waals surface area contributed by atoms with Gasteiger partial charge in [-0.2, -0.15) is 0 Å². The fraction of sp³-hybridized carbons (Fsp3) is 0.240. The largest absolute Gasteiger partial charge is 0.385 e. The first kappa shape index (κ1) is 19.1. The molecule has 0 bridgehead atoms. The molecule has 29 heavy (non-hydrogen) atoms. The number of carbonyl (C=O) groups excluding carboxylic acids is 1. The number of amides is 1. The van der Waals surface area contributed by atoms with Gasteiger partial charge >= 0.3 is 0 Å². The number of carbonyl (C=O) groups is 1. The lowest BCUT2D eigenvalue weighted by atomic mass is 10.1. The fourth-order valence-electron chi connectivity index (χ4n) is 3.72. The zero-order valence-electron chi connectivity index (χ0n) is 16.6. The van der Waals surface area contributed by atoms with Gasteiger partial charge in [0.25, 0.3) is 5.91 Å². The van der Waals surface area contributed by atoms with Crippen molar-refractivity contribution >= 4 is 17.3 Å². The maximum Gasteiger partial charge on any atom is 0.253 e. The second-order valence-electron chi connectivity index (χ2n) is 7.35. The minimum absolute atomic E-state index is 0.119. The van der Waals surface area contributed by atoms with Gasteiger partial charge in [-0.3, -0.25) is 4.79 Å². The Labute approximate surface area is 172 Å². The number of nitrogens with one attached hydrogen (secondary N) is 1. The van der Waals surface area contributed by atoms with Gasteiger partial charge in [0, 0.05) is 49.7 Å². The van der Waals surface area contributed by atoms with Crippen molar-refractivity contribution in [1.29, 1.82) is 0 Å². The smallest absolute Gasteiger partial charge is 0.253 e. The number of benzene rings is 3. The zero-order valence-corrected chi connectivity index (χ0v) is 16.6. The average Bonchev–Trinajstić information content (AvgIpc) is 2.80. The lowest BCUT2D eigenvalue weighted by molar-refractivity contribution is 0.0747. The predicted molar refractivity (Wildman–Crippen MR) is 120 cm³/mol. The van der Waals surface area contributed by atoms with Crippen LogP contribution >= 0.6 is 0 Å². The van der Waals surface area contributed by atoms with Crippen LogP contribution in [0.5, 0.6) is 0 Å². The van der Waals surface area contributed by atoms with Crippen LogP contribution in [0.2, 0.25) is 0 Å². The maximum absolute atomic E-state index is 12.8. The van der Waals surface area contributed by atoms with Crippen LogP contribution in [-0.2, 0) is 6.42 Å². The summed E-state index contributed by atoms with van der Waals surface area (Å²) in [5.74, 6) is 0.119. The van der Waals surface area contributed by atoms with Crippen LogP contribution in [0, 0.1) is 0 Å². The molecule has 0 aromatic heterocycles. The number of piperazine rings is 1. The lowest BCUT2D eigenvalue weighted by Crippen LogP contribution is -2.48. The van der Waals surface area contributed by atoms with Crippen molar-refractivity contribution < 1.29 is 4.79 Å². The summed E-state index contributed by atoms with van der Waals surface area (Å²) >= 11 is 0. The lowest BCUT2D eigenvalue weighted by Gasteiger charge is -2.36. The van der Waals surface area contributed by atoms with E-state index < -0.39 is 0 Å². The third-order valence-corrected chi connectivity index (χ3v) is 5.41. The number of rotatable bonds is 6. The number of hydrogen-bond donors (Lipinski definition) is 1. The third-order valence-electron chi connectivity index (χ3n) is 5.41. The molecule has 4 nitrogen and oxygen atoms in total. The molecule has 0 radical (unpaired) electrons. The quantitative estimate of drug-likeness (QED) is 0.687. The second kappa shape index (κ2) is 9.28. The predicted octanol–water partition coefficient (Wildman–Crippen LogP) is 4.30. The molecule has 0 atom stereocenters. The number of hydrogen-bond acceptors (Lipinski definition) is 3. The Balaban J connectivity index is 1.27. The van der Waals surface area contributed by atoms with Crippen LogP contribution in [0.15, 0.2) is 84.9 Å². The molecule has 1 fully saturated rings. The Kier molecular flexibility index (Phi) is 6.10. The molecule has 1 aliphatic heterocycles. The molecule has 1 saturated heterocycles. The first-order valence-electron chi connectivity index (χ1n) is 10.3. The molecular weight excluding hydrogens is 358 g/mol. The van der Waals surface area contributed by atoms with E-state index in [1.54, 1.807) is 0 Å². The van der Waals surface area contributed by atoms with Gasteiger partial charge < -0.3 is 15.1 Å². The van der Waals surface area contributed by atoms with Gasteiger partial charge in [-0.1, -0.05) is 48.5 Å². The van der Waals surface area contributed by atoms with E-state index in [-0.39, 0.29) is 5.91 Å². The highest BCUT2D eigenvalue weighted by molar-refractivity contribution is 5.94. The Hall–Kier alpha value is -3.27. The molecule has 1 amide bonds. The number of para-hydroxylation sites is 1. The summed E-state index contributed by atoms with van der Waals surface area (Å²) in [6.45, 7) is 4.12. The topological polar surface area (TPSA) is 35.6 Å². The molecular formula is C25H27N3O. The molecule has 3 aromatic carbocycles. The van der Waals surface area contributed by atoms with Crippen molar-refractivity contribution in [2.24, 2.45) is 0 Å². The van der Waals surface area contributed by atoms with Crippen molar-refractivity contribution in [3.8, 4) is 0 Å². The second-order valence-corrected chi connectivity index (χ2v) is 7.35. The molecule has 1 aliphatic rings. The highest BCUT2D eigenvalue weighted by Gasteiger charge is 2.22. The molecule has 0 unspecified atom stereocenters. The molecule has 0 aliphatic carbocycles. The molecule has 0 spiro atoms. The van der Waals surface area contributed by atoms with Crippen molar-refractivity contribution in [3.63, 3.8) is 0 Å². The Bertz CT molecular complexity index is 902. The SMILES string of the molecule is O=C(c1ccc(NCCc2ccccc2)cc1)N1CCN(c2ccccc2)CC1. The third kappa shape index (κ3) is 4.96.